The molecule has 25 heavy (non-hydrogen) atoms. The molecule has 1 N–H and O–H groups in total. The van der Waals surface area contributed by atoms with Gasteiger partial charge in [0.2, 0.25) is 5.91 Å². The number of carbonyl (C=O) groups excluding carboxylic acids is 3. The van der Waals surface area contributed by atoms with Crippen molar-refractivity contribution in [2.75, 3.05) is 18.1 Å². The van der Waals surface area contributed by atoms with Gasteiger partial charge in [-0.2, -0.15) is 0 Å². The lowest BCUT2D eigenvalue weighted by molar-refractivity contribution is -0.115. The van der Waals surface area contributed by atoms with Crippen LogP contribution < -0.4 is 5.32 Å². The number of imide groups is 1. The molecule has 1 heterocycles. The van der Waals surface area contributed by atoms with E-state index in [2.05, 4.69) is 5.32 Å². The highest BCUT2D eigenvalue weighted by atomic mass is 32.2. The number of benzene rings is 2. The lowest BCUT2D eigenvalue weighted by Crippen LogP contribution is -2.24. The van der Waals surface area contributed by atoms with Crippen LogP contribution in [0.25, 0.3) is 0 Å². The SMILES string of the molecule is CN1C(=O)c2ccc(NC(=O)CCSc3ccc(F)cc3)cc2C1=O. The van der Waals surface area contributed by atoms with E-state index < -0.39 is 0 Å². The number of nitrogens with one attached hydrogen (secondary N) is 1. The second-order valence-corrected chi connectivity index (χ2v) is 6.70. The Morgan fingerprint density at radius 1 is 1.08 bits per heavy atom. The number of anilines is 1. The Hall–Kier alpha value is -2.67. The van der Waals surface area contributed by atoms with E-state index in [1.165, 1.54) is 37.0 Å². The van der Waals surface area contributed by atoms with Crippen LogP contribution >= 0.6 is 11.8 Å². The van der Waals surface area contributed by atoms with E-state index in [4.69, 9.17) is 0 Å². The summed E-state index contributed by atoms with van der Waals surface area (Å²) in [4.78, 5) is 37.7. The smallest absolute Gasteiger partial charge is 0.261 e. The molecule has 0 saturated carbocycles. The van der Waals surface area contributed by atoms with Crippen molar-refractivity contribution in [3.05, 3.63) is 59.4 Å². The van der Waals surface area contributed by atoms with Gasteiger partial charge in [0, 0.05) is 29.8 Å². The molecular formula is C18H15FN2O3S. The van der Waals surface area contributed by atoms with Gasteiger partial charge in [0.1, 0.15) is 5.82 Å². The summed E-state index contributed by atoms with van der Waals surface area (Å²) in [7, 11) is 1.43. The summed E-state index contributed by atoms with van der Waals surface area (Å²) in [6, 6.07) is 10.7. The Kier molecular flexibility index (Phi) is 4.85. The summed E-state index contributed by atoms with van der Waals surface area (Å²) in [5, 5.41) is 2.72. The fraction of sp³-hybridized carbons (Fsp3) is 0.167. The van der Waals surface area contributed by atoms with Gasteiger partial charge >= 0.3 is 0 Å². The molecule has 2 aromatic rings. The van der Waals surface area contributed by atoms with E-state index in [0.717, 1.165) is 9.80 Å². The second-order valence-electron chi connectivity index (χ2n) is 5.53. The number of halogens is 1. The van der Waals surface area contributed by atoms with Crippen molar-refractivity contribution in [2.24, 2.45) is 0 Å². The number of fused-ring (bicyclic) bond motifs is 1. The summed E-state index contributed by atoms with van der Waals surface area (Å²) < 4.78 is 12.8. The van der Waals surface area contributed by atoms with Crippen molar-refractivity contribution in [3.63, 3.8) is 0 Å². The molecule has 0 spiro atoms. The maximum atomic E-state index is 12.8. The first kappa shape index (κ1) is 17.2. The first-order chi connectivity index (χ1) is 12.0. The van der Waals surface area contributed by atoms with Crippen molar-refractivity contribution in [3.8, 4) is 0 Å². The third-order valence-electron chi connectivity index (χ3n) is 3.78. The fourth-order valence-electron chi connectivity index (χ4n) is 2.45. The van der Waals surface area contributed by atoms with Crippen molar-refractivity contribution in [2.45, 2.75) is 11.3 Å². The minimum atomic E-state index is -0.372. The topological polar surface area (TPSA) is 66.5 Å². The zero-order valence-corrected chi connectivity index (χ0v) is 14.2. The van der Waals surface area contributed by atoms with Crippen LogP contribution in [0.1, 0.15) is 27.1 Å². The van der Waals surface area contributed by atoms with Crippen LogP contribution in [0.3, 0.4) is 0 Å². The summed E-state index contributed by atoms with van der Waals surface area (Å²) >= 11 is 1.46. The highest BCUT2D eigenvalue weighted by molar-refractivity contribution is 7.99. The van der Waals surface area contributed by atoms with Crippen molar-refractivity contribution >= 4 is 35.2 Å². The molecule has 7 heteroatoms. The molecule has 0 saturated heterocycles. The van der Waals surface area contributed by atoms with E-state index >= 15 is 0 Å². The maximum absolute atomic E-state index is 12.8. The number of nitrogens with zero attached hydrogens (tertiary/aromatic N) is 1. The lowest BCUT2D eigenvalue weighted by Gasteiger charge is -2.06. The zero-order valence-electron chi connectivity index (χ0n) is 13.4. The summed E-state index contributed by atoms with van der Waals surface area (Å²) in [5.41, 5.74) is 1.12. The lowest BCUT2D eigenvalue weighted by atomic mass is 10.1. The van der Waals surface area contributed by atoms with E-state index in [1.54, 1.807) is 24.3 Å². The molecule has 5 nitrogen and oxygen atoms in total. The van der Waals surface area contributed by atoms with Gasteiger partial charge in [-0.15, -0.1) is 11.8 Å². The predicted octanol–water partition coefficient (Wildman–Crippen LogP) is 3.17. The Morgan fingerprint density at radius 2 is 1.76 bits per heavy atom. The normalized spacial score (nSPS) is 13.1. The van der Waals surface area contributed by atoms with Gasteiger partial charge in [-0.05, 0) is 42.5 Å². The molecule has 3 amide bonds. The fourth-order valence-corrected chi connectivity index (χ4v) is 3.31. The first-order valence-corrected chi connectivity index (χ1v) is 8.59. The average Bonchev–Trinajstić information content (AvgIpc) is 2.81. The minimum Gasteiger partial charge on any atom is -0.326 e. The summed E-state index contributed by atoms with van der Waals surface area (Å²) in [6.45, 7) is 0. The van der Waals surface area contributed by atoms with Crippen LogP contribution in [-0.4, -0.2) is 35.4 Å². The molecule has 0 aliphatic carbocycles. The van der Waals surface area contributed by atoms with Crippen LogP contribution in [0, 0.1) is 5.82 Å². The quantitative estimate of drug-likeness (QED) is 0.659. The van der Waals surface area contributed by atoms with E-state index in [1.807, 2.05) is 0 Å². The molecule has 3 rings (SSSR count). The van der Waals surface area contributed by atoms with Crippen molar-refractivity contribution in [1.29, 1.82) is 0 Å². The molecule has 0 bridgehead atoms. The van der Waals surface area contributed by atoms with E-state index in [0.29, 0.717) is 22.6 Å². The molecular weight excluding hydrogens is 343 g/mol. The Labute approximate surface area is 148 Å². The number of thioether (sulfide) groups is 1. The van der Waals surface area contributed by atoms with Gasteiger partial charge in [-0.3, -0.25) is 19.3 Å². The molecule has 0 fully saturated rings. The number of carbonyl (C=O) groups is 3. The largest absolute Gasteiger partial charge is 0.326 e. The Morgan fingerprint density at radius 3 is 2.48 bits per heavy atom. The summed E-state index contributed by atoms with van der Waals surface area (Å²) in [6.07, 6.45) is 0.270. The second kappa shape index (κ2) is 7.06. The van der Waals surface area contributed by atoms with Crippen LogP contribution in [0.2, 0.25) is 0 Å². The highest BCUT2D eigenvalue weighted by Gasteiger charge is 2.32. The van der Waals surface area contributed by atoms with Gasteiger partial charge in [-0.25, -0.2) is 4.39 Å². The van der Waals surface area contributed by atoms with Crippen molar-refractivity contribution < 1.29 is 18.8 Å². The standard InChI is InChI=1S/C18H15FN2O3S/c1-21-17(23)14-7-4-12(10-15(14)18(21)24)20-16(22)8-9-25-13-5-2-11(19)3-6-13/h2-7,10H,8-9H2,1H3,(H,20,22). The molecule has 0 unspecified atom stereocenters. The molecule has 1 aliphatic heterocycles. The molecule has 1 aliphatic rings. The summed E-state index contributed by atoms with van der Waals surface area (Å²) in [5.74, 6) is -0.656. The van der Waals surface area contributed by atoms with Gasteiger partial charge in [0.15, 0.2) is 0 Å². The van der Waals surface area contributed by atoms with Crippen LogP contribution in [-0.2, 0) is 4.79 Å². The number of hydrogen-bond donors (Lipinski definition) is 1. The molecule has 2 aromatic carbocycles. The number of rotatable bonds is 5. The predicted molar refractivity (Wildman–Crippen MR) is 93.2 cm³/mol. The van der Waals surface area contributed by atoms with Gasteiger partial charge in [0.25, 0.3) is 11.8 Å². The number of hydrogen-bond acceptors (Lipinski definition) is 4. The average molecular weight is 358 g/mol. The molecule has 0 radical (unpaired) electrons. The minimum absolute atomic E-state index is 0.195. The van der Waals surface area contributed by atoms with Crippen LogP contribution in [0.5, 0.6) is 0 Å². The molecule has 128 valence electrons. The van der Waals surface area contributed by atoms with Crippen molar-refractivity contribution in [1.82, 2.24) is 4.90 Å². The highest BCUT2D eigenvalue weighted by Crippen LogP contribution is 2.25. The maximum Gasteiger partial charge on any atom is 0.261 e. The van der Waals surface area contributed by atoms with Crippen LogP contribution in [0.4, 0.5) is 10.1 Å². The van der Waals surface area contributed by atoms with Gasteiger partial charge < -0.3 is 5.32 Å². The third-order valence-corrected chi connectivity index (χ3v) is 4.80. The molecule has 0 aromatic heterocycles. The van der Waals surface area contributed by atoms with Gasteiger partial charge in [0.05, 0.1) is 11.1 Å². The van der Waals surface area contributed by atoms with E-state index in [-0.39, 0.29) is 30.0 Å². The monoisotopic (exact) mass is 358 g/mol. The van der Waals surface area contributed by atoms with Gasteiger partial charge in [-0.1, -0.05) is 0 Å². The van der Waals surface area contributed by atoms with Crippen LogP contribution in [0.15, 0.2) is 47.4 Å². The molecule has 0 atom stereocenters. The third kappa shape index (κ3) is 3.71. The Balaban J connectivity index is 1.56. The van der Waals surface area contributed by atoms with E-state index in [9.17, 15) is 18.8 Å². The first-order valence-electron chi connectivity index (χ1n) is 7.60. The zero-order chi connectivity index (χ0) is 18.0. The number of amides is 3. The Bertz CT molecular complexity index is 852.